The second kappa shape index (κ2) is 10.1. The highest BCUT2D eigenvalue weighted by molar-refractivity contribution is 9.10. The maximum Gasteiger partial charge on any atom is 0.311 e. The summed E-state index contributed by atoms with van der Waals surface area (Å²) < 4.78 is 12.8. The van der Waals surface area contributed by atoms with Crippen LogP contribution in [0, 0.1) is 10.1 Å². The monoisotopic (exact) mass is 532 g/mol. The van der Waals surface area contributed by atoms with Gasteiger partial charge in [0.2, 0.25) is 0 Å². The third-order valence-corrected chi connectivity index (χ3v) is 10.8. The lowest BCUT2D eigenvalue weighted by Crippen LogP contribution is -2.41. The number of rotatable bonds is 9. The molecule has 1 N–H and O–H groups in total. The van der Waals surface area contributed by atoms with Crippen molar-refractivity contribution >= 4 is 52.3 Å². The van der Waals surface area contributed by atoms with Gasteiger partial charge in [-0.2, -0.15) is 0 Å². The number of hydrogen-bond acceptors (Lipinski definition) is 7. The lowest BCUT2D eigenvalue weighted by molar-refractivity contribution is -0.385. The van der Waals surface area contributed by atoms with Gasteiger partial charge in [0.05, 0.1) is 22.4 Å². The topological polar surface area (TPSA) is 99.4 Å². The number of nitrogens with zero attached hydrogens (tertiary/aromatic N) is 3. The molecule has 0 fully saturated rings. The van der Waals surface area contributed by atoms with Crippen LogP contribution in [-0.2, 0) is 4.43 Å². The van der Waals surface area contributed by atoms with Crippen LogP contribution in [0.1, 0.15) is 27.2 Å². The molecule has 1 heterocycles. The van der Waals surface area contributed by atoms with Gasteiger partial charge < -0.3 is 14.5 Å². The lowest BCUT2D eigenvalue weighted by Gasteiger charge is -2.36. The minimum absolute atomic E-state index is 0.125. The van der Waals surface area contributed by atoms with Gasteiger partial charge in [0.1, 0.15) is 12.1 Å². The van der Waals surface area contributed by atoms with Crippen LogP contribution in [-0.4, -0.2) is 36.4 Å². The first-order valence-electron chi connectivity index (χ1n) is 10.7. The third-order valence-electron chi connectivity index (χ3n) is 5.82. The summed E-state index contributed by atoms with van der Waals surface area (Å²) in [5.41, 5.74) is 1.23. The van der Waals surface area contributed by atoms with Crippen molar-refractivity contribution in [1.82, 2.24) is 9.97 Å². The number of ether oxygens (including phenoxy) is 1. The SMILES string of the molecule is CC(C)(C)[Si](C)(C)OCCCOc1cc2ncnc(Nc3cccc(Br)c3)c2cc1[N+](=O)[O-]. The third kappa shape index (κ3) is 6.27. The first-order valence-corrected chi connectivity index (χ1v) is 14.4. The maximum atomic E-state index is 11.7. The molecule has 0 radical (unpaired) electrons. The molecule has 0 aliphatic heterocycles. The largest absolute Gasteiger partial charge is 0.487 e. The Morgan fingerprint density at radius 1 is 1.15 bits per heavy atom. The Kier molecular flexibility index (Phi) is 7.71. The van der Waals surface area contributed by atoms with Gasteiger partial charge in [0, 0.05) is 35.3 Å². The molecule has 2 aromatic carbocycles. The molecule has 0 aliphatic carbocycles. The standard InChI is InChI=1S/C23H29BrN4O4Si/c1-23(2,3)33(4,5)32-11-7-10-31-21-14-19-18(13-20(21)28(29)30)22(26-15-25-19)27-17-9-6-8-16(24)12-17/h6,8-9,12-15H,7,10-11H2,1-5H3,(H,25,26,27). The number of nitro benzene ring substituents is 1. The van der Waals surface area contributed by atoms with Crippen LogP contribution in [0.5, 0.6) is 5.75 Å². The number of hydrogen-bond donors (Lipinski definition) is 1. The van der Waals surface area contributed by atoms with Crippen molar-refractivity contribution in [3.05, 3.63) is 57.3 Å². The van der Waals surface area contributed by atoms with E-state index in [-0.39, 0.29) is 16.5 Å². The average Bonchev–Trinajstić information content (AvgIpc) is 2.72. The molecule has 0 spiro atoms. The van der Waals surface area contributed by atoms with Gasteiger partial charge in [0.15, 0.2) is 14.1 Å². The summed E-state index contributed by atoms with van der Waals surface area (Å²) in [7, 11) is -1.83. The quantitative estimate of drug-likeness (QED) is 0.139. The number of nitro groups is 1. The zero-order valence-corrected chi connectivity index (χ0v) is 22.1. The van der Waals surface area contributed by atoms with Gasteiger partial charge in [-0.3, -0.25) is 10.1 Å². The van der Waals surface area contributed by atoms with Crippen LogP contribution in [0.3, 0.4) is 0 Å². The minimum Gasteiger partial charge on any atom is -0.487 e. The summed E-state index contributed by atoms with van der Waals surface area (Å²) in [5, 5.41) is 15.6. The first-order chi connectivity index (χ1) is 15.5. The van der Waals surface area contributed by atoms with E-state index in [1.807, 2.05) is 24.3 Å². The number of halogens is 1. The first kappa shape index (κ1) is 25.1. The van der Waals surface area contributed by atoms with Gasteiger partial charge in [0.25, 0.3) is 0 Å². The van der Waals surface area contributed by atoms with Crippen molar-refractivity contribution in [3.63, 3.8) is 0 Å². The van der Waals surface area contributed by atoms with E-state index in [2.05, 4.69) is 65.1 Å². The molecule has 0 saturated heterocycles. The molecule has 10 heteroatoms. The summed E-state index contributed by atoms with van der Waals surface area (Å²) in [6.07, 6.45) is 2.06. The number of nitrogens with one attached hydrogen (secondary N) is 1. The second-order valence-electron chi connectivity index (χ2n) is 9.26. The summed E-state index contributed by atoms with van der Waals surface area (Å²) in [5.74, 6) is 0.669. The van der Waals surface area contributed by atoms with Crippen LogP contribution >= 0.6 is 15.9 Å². The fraction of sp³-hybridized carbons (Fsp3) is 0.391. The molecule has 3 aromatic rings. The van der Waals surface area contributed by atoms with Crippen molar-refractivity contribution in [2.75, 3.05) is 18.5 Å². The molecule has 1 aromatic heterocycles. The number of benzene rings is 2. The summed E-state index contributed by atoms with van der Waals surface area (Å²) in [6, 6.07) is 10.6. The zero-order chi connectivity index (χ0) is 24.2. The van der Waals surface area contributed by atoms with Crippen LogP contribution < -0.4 is 10.1 Å². The summed E-state index contributed by atoms with van der Waals surface area (Å²) in [6.45, 7) is 11.8. The van der Waals surface area contributed by atoms with E-state index in [9.17, 15) is 10.1 Å². The minimum atomic E-state index is -1.83. The fourth-order valence-corrected chi connectivity index (χ4v) is 4.41. The van der Waals surface area contributed by atoms with Crippen LogP contribution in [0.2, 0.25) is 18.1 Å². The van der Waals surface area contributed by atoms with E-state index in [1.165, 1.54) is 12.4 Å². The highest BCUT2D eigenvalue weighted by atomic mass is 79.9. The van der Waals surface area contributed by atoms with E-state index >= 15 is 0 Å². The number of aromatic nitrogens is 2. The van der Waals surface area contributed by atoms with Crippen molar-refractivity contribution in [3.8, 4) is 5.75 Å². The molecule has 8 nitrogen and oxygen atoms in total. The van der Waals surface area contributed by atoms with Crippen LogP contribution in [0.4, 0.5) is 17.2 Å². The predicted molar refractivity (Wildman–Crippen MR) is 137 cm³/mol. The molecule has 0 aliphatic rings. The van der Waals surface area contributed by atoms with E-state index < -0.39 is 13.2 Å². The molecule has 0 saturated carbocycles. The summed E-state index contributed by atoms with van der Waals surface area (Å²) in [4.78, 5) is 19.9. The van der Waals surface area contributed by atoms with Crippen LogP contribution in [0.15, 0.2) is 47.2 Å². The van der Waals surface area contributed by atoms with Gasteiger partial charge in [-0.05, 0) is 36.3 Å². The predicted octanol–water partition coefficient (Wildman–Crippen LogP) is 6.83. The smallest absolute Gasteiger partial charge is 0.311 e. The van der Waals surface area contributed by atoms with E-state index in [0.717, 1.165) is 10.2 Å². The number of anilines is 2. The van der Waals surface area contributed by atoms with Gasteiger partial charge in [-0.1, -0.05) is 42.8 Å². The average molecular weight is 533 g/mol. The van der Waals surface area contributed by atoms with Crippen molar-refractivity contribution in [1.29, 1.82) is 0 Å². The molecule has 176 valence electrons. The Morgan fingerprint density at radius 2 is 1.91 bits per heavy atom. The Hall–Kier alpha value is -2.56. The van der Waals surface area contributed by atoms with E-state index in [4.69, 9.17) is 9.16 Å². The molecule has 3 rings (SSSR count). The Bertz CT molecular complexity index is 1150. The summed E-state index contributed by atoms with van der Waals surface area (Å²) >= 11 is 3.44. The number of fused-ring (bicyclic) bond motifs is 1. The Labute approximate surface area is 203 Å². The Balaban J connectivity index is 1.76. The van der Waals surface area contributed by atoms with Gasteiger partial charge in [-0.25, -0.2) is 9.97 Å². The molecule has 0 amide bonds. The molecule has 0 atom stereocenters. The highest BCUT2D eigenvalue weighted by Gasteiger charge is 2.36. The molecule has 33 heavy (non-hydrogen) atoms. The van der Waals surface area contributed by atoms with Gasteiger partial charge >= 0.3 is 5.69 Å². The highest BCUT2D eigenvalue weighted by Crippen LogP contribution is 2.37. The fourth-order valence-electron chi connectivity index (χ4n) is 2.92. The molecule has 0 unspecified atom stereocenters. The van der Waals surface area contributed by atoms with Gasteiger partial charge in [-0.15, -0.1) is 0 Å². The zero-order valence-electron chi connectivity index (χ0n) is 19.5. The lowest BCUT2D eigenvalue weighted by atomic mass is 10.2. The Morgan fingerprint density at radius 3 is 2.58 bits per heavy atom. The maximum absolute atomic E-state index is 11.7. The normalized spacial score (nSPS) is 12.1. The van der Waals surface area contributed by atoms with Crippen LogP contribution in [0.25, 0.3) is 10.9 Å². The molecular formula is C23H29BrN4O4Si. The second-order valence-corrected chi connectivity index (χ2v) is 15.0. The van der Waals surface area contributed by atoms with Crippen molar-refractivity contribution in [2.45, 2.75) is 45.3 Å². The van der Waals surface area contributed by atoms with E-state index in [0.29, 0.717) is 36.4 Å². The van der Waals surface area contributed by atoms with Crippen molar-refractivity contribution < 1.29 is 14.1 Å². The van der Waals surface area contributed by atoms with Crippen molar-refractivity contribution in [2.24, 2.45) is 0 Å². The van der Waals surface area contributed by atoms with E-state index in [1.54, 1.807) is 6.07 Å². The molecular weight excluding hydrogens is 504 g/mol. The molecule has 0 bridgehead atoms.